The van der Waals surface area contributed by atoms with Crippen molar-refractivity contribution in [1.29, 1.82) is 0 Å². The maximum absolute atomic E-state index is 11.7. The molecule has 6 heteroatoms. The number of aromatic nitrogens is 2. The van der Waals surface area contributed by atoms with Gasteiger partial charge in [-0.3, -0.25) is 4.79 Å². The molecular weight excluding hydrogens is 338 g/mol. The Hall–Kier alpha value is -2.05. The topological polar surface area (TPSA) is 54.9 Å². The quantitative estimate of drug-likeness (QED) is 0.626. The van der Waals surface area contributed by atoms with Crippen LogP contribution in [0.25, 0.3) is 22.4 Å². The second kappa shape index (κ2) is 6.45. The Balaban J connectivity index is 1.60. The monoisotopic (exact) mass is 355 g/mol. The van der Waals surface area contributed by atoms with Gasteiger partial charge in [-0.2, -0.15) is 0 Å². The molecule has 0 spiro atoms. The molecule has 0 saturated heterocycles. The van der Waals surface area contributed by atoms with Crippen molar-refractivity contribution in [3.63, 3.8) is 0 Å². The summed E-state index contributed by atoms with van der Waals surface area (Å²) in [5, 5.41) is 5.58. The van der Waals surface area contributed by atoms with Crippen molar-refractivity contribution >= 4 is 56.6 Å². The standard InChI is InChI=1S/C18H17N3OS2/c1-2-14(22)15-8-7-13(24-15)6-3-11-9-23-17-16(11)19-10-20-18(17)21-12-4-5-12/h3,6-10,12H,2,4-5H2,1H3,(H,19,20,21)/b6-3+. The van der Waals surface area contributed by atoms with Gasteiger partial charge >= 0.3 is 0 Å². The van der Waals surface area contributed by atoms with Crippen LogP contribution >= 0.6 is 22.7 Å². The number of rotatable bonds is 6. The Morgan fingerprint density at radius 2 is 2.21 bits per heavy atom. The van der Waals surface area contributed by atoms with Crippen LogP contribution in [0.2, 0.25) is 0 Å². The molecule has 1 fully saturated rings. The molecule has 4 nitrogen and oxygen atoms in total. The third-order valence-electron chi connectivity index (χ3n) is 3.95. The highest BCUT2D eigenvalue weighted by atomic mass is 32.1. The maximum atomic E-state index is 11.7. The Morgan fingerprint density at radius 3 is 3.00 bits per heavy atom. The first-order chi connectivity index (χ1) is 11.7. The number of carbonyl (C=O) groups is 1. The summed E-state index contributed by atoms with van der Waals surface area (Å²) in [6.45, 7) is 1.89. The van der Waals surface area contributed by atoms with Crippen molar-refractivity contribution in [2.24, 2.45) is 0 Å². The highest BCUT2D eigenvalue weighted by molar-refractivity contribution is 7.18. The van der Waals surface area contributed by atoms with Crippen LogP contribution in [0.3, 0.4) is 0 Å². The van der Waals surface area contributed by atoms with Gasteiger partial charge in [0.25, 0.3) is 0 Å². The van der Waals surface area contributed by atoms with E-state index < -0.39 is 0 Å². The summed E-state index contributed by atoms with van der Waals surface area (Å²) >= 11 is 3.20. The van der Waals surface area contributed by atoms with Crippen LogP contribution in [0.5, 0.6) is 0 Å². The van der Waals surface area contributed by atoms with Crippen molar-refractivity contribution in [3.05, 3.63) is 39.2 Å². The number of hydrogen-bond acceptors (Lipinski definition) is 6. The van der Waals surface area contributed by atoms with Crippen molar-refractivity contribution in [3.8, 4) is 0 Å². The van der Waals surface area contributed by atoms with Crippen LogP contribution in [-0.4, -0.2) is 21.8 Å². The van der Waals surface area contributed by atoms with E-state index in [9.17, 15) is 4.79 Å². The van der Waals surface area contributed by atoms with Crippen LogP contribution < -0.4 is 5.32 Å². The average Bonchev–Trinajstić information content (AvgIpc) is 3.12. The SMILES string of the molecule is CCC(=O)c1ccc(/C=C/c2csc3c(NC4CC4)ncnc23)s1. The molecule has 0 radical (unpaired) electrons. The van der Waals surface area contributed by atoms with Crippen molar-refractivity contribution in [2.75, 3.05) is 5.32 Å². The van der Waals surface area contributed by atoms with Crippen LogP contribution in [0.15, 0.2) is 23.8 Å². The molecule has 122 valence electrons. The van der Waals surface area contributed by atoms with Gasteiger partial charge in [0.15, 0.2) is 5.78 Å². The van der Waals surface area contributed by atoms with Gasteiger partial charge in [-0.05, 0) is 31.1 Å². The van der Waals surface area contributed by atoms with Crippen LogP contribution in [0.1, 0.15) is 46.3 Å². The number of Topliss-reactive ketones (excluding diaryl/α,β-unsaturated/α-hetero) is 1. The first kappa shape index (κ1) is 15.5. The minimum Gasteiger partial charge on any atom is -0.366 e. The fourth-order valence-corrected chi connectivity index (χ4v) is 4.31. The zero-order valence-corrected chi connectivity index (χ0v) is 14.9. The molecule has 4 rings (SSSR count). The number of hydrogen-bond donors (Lipinski definition) is 1. The summed E-state index contributed by atoms with van der Waals surface area (Å²) in [5.74, 6) is 1.14. The normalized spacial score (nSPS) is 14.5. The van der Waals surface area contributed by atoms with Gasteiger partial charge in [0.2, 0.25) is 0 Å². The number of nitrogens with zero attached hydrogens (tertiary/aromatic N) is 2. The number of carbonyl (C=O) groups excluding carboxylic acids is 1. The fourth-order valence-electron chi connectivity index (χ4n) is 2.45. The molecule has 0 unspecified atom stereocenters. The molecule has 1 saturated carbocycles. The maximum Gasteiger partial charge on any atom is 0.172 e. The second-order valence-electron chi connectivity index (χ2n) is 5.82. The Kier molecular flexibility index (Phi) is 4.16. The number of thiophene rings is 2. The predicted octanol–water partition coefficient (Wildman–Crippen LogP) is 5.09. The summed E-state index contributed by atoms with van der Waals surface area (Å²) in [6, 6.07) is 4.47. The lowest BCUT2D eigenvalue weighted by Gasteiger charge is -2.03. The lowest BCUT2D eigenvalue weighted by atomic mass is 10.2. The van der Waals surface area contributed by atoms with E-state index in [0.717, 1.165) is 31.4 Å². The first-order valence-electron chi connectivity index (χ1n) is 8.04. The Bertz CT molecular complexity index is 921. The molecule has 0 aliphatic heterocycles. The van der Waals surface area contributed by atoms with Crippen molar-refractivity contribution in [1.82, 2.24) is 9.97 Å². The summed E-state index contributed by atoms with van der Waals surface area (Å²) < 4.78 is 1.11. The number of fused-ring (bicyclic) bond motifs is 1. The summed E-state index contributed by atoms with van der Waals surface area (Å²) in [5.41, 5.74) is 2.07. The van der Waals surface area contributed by atoms with Gasteiger partial charge in [0.1, 0.15) is 12.1 Å². The van der Waals surface area contributed by atoms with Gasteiger partial charge in [-0.15, -0.1) is 22.7 Å². The molecule has 3 aromatic heterocycles. The van der Waals surface area contributed by atoms with Crippen LogP contribution in [0.4, 0.5) is 5.82 Å². The van der Waals surface area contributed by atoms with E-state index in [-0.39, 0.29) is 5.78 Å². The highest BCUT2D eigenvalue weighted by Gasteiger charge is 2.22. The predicted molar refractivity (Wildman–Crippen MR) is 102 cm³/mol. The van der Waals surface area contributed by atoms with Crippen molar-refractivity contribution in [2.45, 2.75) is 32.2 Å². The minimum absolute atomic E-state index is 0.198. The second-order valence-corrected chi connectivity index (χ2v) is 7.82. The van der Waals surface area contributed by atoms with Gasteiger partial charge in [0, 0.05) is 28.3 Å². The summed E-state index contributed by atoms with van der Waals surface area (Å²) in [7, 11) is 0. The molecular formula is C18H17N3OS2. The molecule has 3 aromatic rings. The molecule has 3 heterocycles. The number of ketones is 1. The average molecular weight is 355 g/mol. The Labute approximate surface area is 148 Å². The molecule has 0 bridgehead atoms. The fraction of sp³-hybridized carbons (Fsp3) is 0.278. The van der Waals surface area contributed by atoms with E-state index in [4.69, 9.17) is 0 Å². The Morgan fingerprint density at radius 1 is 1.33 bits per heavy atom. The molecule has 0 aromatic carbocycles. The van der Waals surface area contributed by atoms with Crippen LogP contribution in [0, 0.1) is 0 Å². The summed E-state index contributed by atoms with van der Waals surface area (Å²) in [4.78, 5) is 22.5. The molecule has 0 atom stereocenters. The molecule has 1 aliphatic rings. The van der Waals surface area contributed by atoms with Gasteiger partial charge in [0.05, 0.1) is 15.1 Å². The molecule has 1 N–H and O–H groups in total. The third-order valence-corrected chi connectivity index (χ3v) is 6.03. The molecule has 24 heavy (non-hydrogen) atoms. The molecule has 1 aliphatic carbocycles. The van der Waals surface area contributed by atoms with Gasteiger partial charge in [-0.25, -0.2) is 9.97 Å². The highest BCUT2D eigenvalue weighted by Crippen LogP contribution is 2.33. The number of anilines is 1. The van der Waals surface area contributed by atoms with Crippen molar-refractivity contribution < 1.29 is 4.79 Å². The first-order valence-corrected chi connectivity index (χ1v) is 9.74. The van der Waals surface area contributed by atoms with E-state index in [2.05, 4.69) is 32.8 Å². The lowest BCUT2D eigenvalue weighted by Crippen LogP contribution is -2.03. The van der Waals surface area contributed by atoms with Gasteiger partial charge < -0.3 is 5.32 Å². The van der Waals surface area contributed by atoms with Gasteiger partial charge in [-0.1, -0.05) is 13.0 Å². The lowest BCUT2D eigenvalue weighted by molar-refractivity contribution is 0.0992. The zero-order valence-electron chi connectivity index (χ0n) is 13.3. The smallest absolute Gasteiger partial charge is 0.172 e. The van der Waals surface area contributed by atoms with E-state index in [1.54, 1.807) is 17.7 Å². The van der Waals surface area contributed by atoms with E-state index in [0.29, 0.717) is 12.5 Å². The molecule has 0 amide bonds. The third kappa shape index (κ3) is 3.12. The van der Waals surface area contributed by atoms with E-state index >= 15 is 0 Å². The van der Waals surface area contributed by atoms with Crippen LogP contribution in [-0.2, 0) is 0 Å². The van der Waals surface area contributed by atoms with E-state index in [1.165, 1.54) is 24.2 Å². The summed E-state index contributed by atoms with van der Waals surface area (Å²) in [6.07, 6.45) is 8.74. The number of nitrogens with one attached hydrogen (secondary N) is 1. The zero-order chi connectivity index (χ0) is 16.5. The van der Waals surface area contributed by atoms with E-state index in [1.807, 2.05) is 19.1 Å². The minimum atomic E-state index is 0.198. The largest absolute Gasteiger partial charge is 0.366 e.